The molecule has 0 aliphatic rings. The number of anilines is 1. The van der Waals surface area contributed by atoms with Crippen LogP contribution < -0.4 is 15.6 Å². The highest BCUT2D eigenvalue weighted by molar-refractivity contribution is 7.98. The molecule has 2 aromatic heterocycles. The largest absolute Gasteiger partial charge is 0.496 e. The van der Waals surface area contributed by atoms with E-state index in [1.54, 1.807) is 24.5 Å². The Morgan fingerprint density at radius 2 is 1.93 bits per heavy atom. The molecule has 5 aromatic rings. The second-order valence-corrected chi connectivity index (χ2v) is 11.4. The maximum atomic E-state index is 12.9. The number of hydrogen-bond donors (Lipinski definition) is 2. The first-order valence-electron chi connectivity index (χ1n) is 12.1. The lowest BCUT2D eigenvalue weighted by Crippen LogP contribution is -2.14. The van der Waals surface area contributed by atoms with Crippen LogP contribution in [0.4, 0.5) is 5.69 Å². The zero-order valence-electron chi connectivity index (χ0n) is 21.2. The first-order valence-corrected chi connectivity index (χ1v) is 14.7. The molecule has 5 rings (SSSR count). The minimum atomic E-state index is -0.472. The lowest BCUT2D eigenvalue weighted by atomic mass is 10.0. The molecular formula is C30H22Cl2N4O2S2. The van der Waals surface area contributed by atoms with Crippen LogP contribution in [0.2, 0.25) is 10.0 Å². The average Bonchev–Trinajstić information content (AvgIpc) is 3.51. The van der Waals surface area contributed by atoms with Gasteiger partial charge in [0.25, 0.3) is 5.56 Å². The fourth-order valence-corrected chi connectivity index (χ4v) is 5.96. The third-order valence-corrected chi connectivity index (χ3v) is 8.64. The SMILES string of the molecule is COc1ccc(-c2nc(SCc3cccc(NCc4ccc(Cl)c(Cl)c4)c3)[nH]c(=O)c2C#N)cc1-c1cccs1. The minimum absolute atomic E-state index is 0.0276. The fraction of sp³-hybridized carbons (Fsp3) is 0.100. The summed E-state index contributed by atoms with van der Waals surface area (Å²) in [5, 5.41) is 16.6. The molecule has 10 heteroatoms. The highest BCUT2D eigenvalue weighted by atomic mass is 35.5. The van der Waals surface area contributed by atoms with Gasteiger partial charge in [-0.2, -0.15) is 5.26 Å². The van der Waals surface area contributed by atoms with Crippen molar-refractivity contribution in [1.82, 2.24) is 9.97 Å². The number of methoxy groups -OCH3 is 1. The highest BCUT2D eigenvalue weighted by Gasteiger charge is 2.17. The van der Waals surface area contributed by atoms with Crippen molar-refractivity contribution >= 4 is 52.0 Å². The van der Waals surface area contributed by atoms with Gasteiger partial charge in [0.1, 0.15) is 17.4 Å². The predicted octanol–water partition coefficient (Wildman–Crippen LogP) is 8.26. The van der Waals surface area contributed by atoms with E-state index in [0.29, 0.717) is 44.5 Å². The number of nitrogens with one attached hydrogen (secondary N) is 2. The van der Waals surface area contributed by atoms with E-state index in [1.165, 1.54) is 11.8 Å². The zero-order valence-corrected chi connectivity index (χ0v) is 24.3. The number of thiophene rings is 1. The van der Waals surface area contributed by atoms with Gasteiger partial charge >= 0.3 is 0 Å². The van der Waals surface area contributed by atoms with Gasteiger partial charge in [0.2, 0.25) is 0 Å². The molecule has 0 amide bonds. The highest BCUT2D eigenvalue weighted by Crippen LogP contribution is 2.37. The monoisotopic (exact) mass is 604 g/mol. The summed E-state index contributed by atoms with van der Waals surface area (Å²) in [5.74, 6) is 1.27. The molecule has 0 spiro atoms. The number of aromatic nitrogens is 2. The Hall–Kier alpha value is -3.74. The molecule has 0 fully saturated rings. The molecule has 0 saturated carbocycles. The average molecular weight is 606 g/mol. The van der Waals surface area contributed by atoms with Crippen LogP contribution in [0.25, 0.3) is 21.7 Å². The van der Waals surface area contributed by atoms with Gasteiger partial charge in [-0.15, -0.1) is 11.3 Å². The second-order valence-electron chi connectivity index (χ2n) is 8.69. The van der Waals surface area contributed by atoms with Crippen LogP contribution in [0.15, 0.2) is 88.1 Å². The van der Waals surface area contributed by atoms with Crippen LogP contribution >= 0.6 is 46.3 Å². The molecule has 0 saturated heterocycles. The molecule has 0 aliphatic carbocycles. The number of H-pyrrole nitrogens is 1. The number of hydrogen-bond acceptors (Lipinski definition) is 7. The standard InChI is InChI=1S/C30H22Cl2N4O2S2/c1-38-26-10-8-20(14-22(26)27-6-3-11-39-27)28-23(15-33)29(37)36-30(35-28)40-17-19-4-2-5-21(12-19)34-16-18-7-9-24(31)25(32)13-18/h2-14,34H,16-17H2,1H3,(H,35,36,37). The van der Waals surface area contributed by atoms with Crippen LogP contribution in [-0.2, 0) is 12.3 Å². The summed E-state index contributed by atoms with van der Waals surface area (Å²) in [6, 6.07) is 25.1. The molecule has 2 N–H and O–H groups in total. The molecular weight excluding hydrogens is 583 g/mol. The molecule has 6 nitrogen and oxygen atoms in total. The van der Waals surface area contributed by atoms with Gasteiger partial charge in [0, 0.05) is 34.0 Å². The van der Waals surface area contributed by atoms with E-state index >= 15 is 0 Å². The lowest BCUT2D eigenvalue weighted by Gasteiger charge is -2.11. The summed E-state index contributed by atoms with van der Waals surface area (Å²) in [4.78, 5) is 21.3. The molecule has 0 unspecified atom stereocenters. The molecule has 2 heterocycles. The smallest absolute Gasteiger partial charge is 0.270 e. The third kappa shape index (κ3) is 6.35. The number of aromatic amines is 1. The summed E-state index contributed by atoms with van der Waals surface area (Å²) in [6.07, 6.45) is 0. The number of rotatable bonds is 9. The van der Waals surface area contributed by atoms with Gasteiger partial charge in [-0.05, 0) is 65.0 Å². The molecule has 40 heavy (non-hydrogen) atoms. The number of benzene rings is 3. The number of thioether (sulfide) groups is 1. The Balaban J connectivity index is 1.36. The van der Waals surface area contributed by atoms with Crippen molar-refractivity contribution in [2.24, 2.45) is 0 Å². The van der Waals surface area contributed by atoms with E-state index < -0.39 is 5.56 Å². The quantitative estimate of drug-likeness (QED) is 0.130. The Morgan fingerprint density at radius 1 is 1.05 bits per heavy atom. The van der Waals surface area contributed by atoms with E-state index in [-0.39, 0.29) is 5.56 Å². The van der Waals surface area contributed by atoms with Crippen LogP contribution in [0.1, 0.15) is 16.7 Å². The third-order valence-electron chi connectivity index (χ3n) is 6.05. The maximum Gasteiger partial charge on any atom is 0.270 e. The molecule has 0 radical (unpaired) electrons. The van der Waals surface area contributed by atoms with Gasteiger partial charge in [0.05, 0.1) is 22.8 Å². The van der Waals surface area contributed by atoms with Crippen LogP contribution in [0.3, 0.4) is 0 Å². The van der Waals surface area contributed by atoms with E-state index in [4.69, 9.17) is 27.9 Å². The van der Waals surface area contributed by atoms with Gasteiger partial charge in [-0.3, -0.25) is 4.79 Å². The summed E-state index contributed by atoms with van der Waals surface area (Å²) in [7, 11) is 1.62. The topological polar surface area (TPSA) is 90.8 Å². The first-order chi connectivity index (χ1) is 19.4. The fourth-order valence-electron chi connectivity index (χ4n) is 4.09. The zero-order chi connectivity index (χ0) is 28.1. The molecule has 3 aromatic carbocycles. The molecule has 0 atom stereocenters. The van der Waals surface area contributed by atoms with Crippen molar-refractivity contribution in [1.29, 1.82) is 5.26 Å². The van der Waals surface area contributed by atoms with E-state index in [1.807, 2.05) is 78.2 Å². The Kier molecular flexibility index (Phi) is 8.78. The van der Waals surface area contributed by atoms with Crippen molar-refractivity contribution in [3.63, 3.8) is 0 Å². The molecule has 0 bridgehead atoms. The first kappa shape index (κ1) is 27.8. The summed E-state index contributed by atoms with van der Waals surface area (Å²) < 4.78 is 5.55. The summed E-state index contributed by atoms with van der Waals surface area (Å²) in [5.41, 5.74) is 4.39. The summed E-state index contributed by atoms with van der Waals surface area (Å²) >= 11 is 15.1. The van der Waals surface area contributed by atoms with Crippen molar-refractivity contribution in [3.05, 3.63) is 115 Å². The van der Waals surface area contributed by atoms with Gasteiger partial charge in [0.15, 0.2) is 5.16 Å². The Labute approximate surface area is 249 Å². The second kappa shape index (κ2) is 12.6. The number of nitriles is 1. The van der Waals surface area contributed by atoms with Crippen LogP contribution in [0, 0.1) is 11.3 Å². The van der Waals surface area contributed by atoms with Gasteiger partial charge < -0.3 is 15.0 Å². The normalized spacial score (nSPS) is 10.8. The number of nitrogens with zero attached hydrogens (tertiary/aromatic N) is 2. The maximum absolute atomic E-state index is 12.9. The molecule has 200 valence electrons. The van der Waals surface area contributed by atoms with Crippen molar-refractivity contribution < 1.29 is 4.74 Å². The van der Waals surface area contributed by atoms with Crippen molar-refractivity contribution in [2.45, 2.75) is 17.5 Å². The number of ether oxygens (including phenoxy) is 1. The molecule has 0 aliphatic heterocycles. The Morgan fingerprint density at radius 3 is 2.67 bits per heavy atom. The van der Waals surface area contributed by atoms with Crippen molar-refractivity contribution in [2.75, 3.05) is 12.4 Å². The van der Waals surface area contributed by atoms with Crippen LogP contribution in [0.5, 0.6) is 5.75 Å². The Bertz CT molecular complexity index is 1770. The van der Waals surface area contributed by atoms with E-state index in [0.717, 1.165) is 27.3 Å². The predicted molar refractivity (Wildman–Crippen MR) is 165 cm³/mol. The lowest BCUT2D eigenvalue weighted by molar-refractivity contribution is 0.416. The minimum Gasteiger partial charge on any atom is -0.496 e. The van der Waals surface area contributed by atoms with Gasteiger partial charge in [-0.25, -0.2) is 4.98 Å². The van der Waals surface area contributed by atoms with Crippen molar-refractivity contribution in [3.8, 4) is 33.5 Å². The van der Waals surface area contributed by atoms with Gasteiger partial charge in [-0.1, -0.05) is 59.2 Å². The number of halogens is 2. The van der Waals surface area contributed by atoms with Crippen LogP contribution in [-0.4, -0.2) is 17.1 Å². The van der Waals surface area contributed by atoms with E-state index in [2.05, 4.69) is 15.3 Å². The summed E-state index contributed by atoms with van der Waals surface area (Å²) in [6.45, 7) is 0.594. The van der Waals surface area contributed by atoms with E-state index in [9.17, 15) is 10.1 Å².